The predicted molar refractivity (Wildman–Crippen MR) is 69.2 cm³/mol. The van der Waals surface area contributed by atoms with Crippen molar-refractivity contribution in [3.05, 3.63) is 0 Å². The van der Waals surface area contributed by atoms with Crippen LogP contribution < -0.4 is 5.32 Å². The molecule has 0 saturated heterocycles. The highest BCUT2D eigenvalue weighted by molar-refractivity contribution is 7.99. The largest absolute Gasteiger partial charge is 0.316 e. The molecule has 0 aliphatic heterocycles. The van der Waals surface area contributed by atoms with Crippen molar-refractivity contribution in [1.82, 2.24) is 5.32 Å². The summed E-state index contributed by atoms with van der Waals surface area (Å²) in [6.45, 7) is 9.20. The molecule has 0 spiro atoms. The second kappa shape index (κ2) is 11.4. The summed E-state index contributed by atoms with van der Waals surface area (Å²) in [7, 11) is 0. The molecule has 0 amide bonds. The first-order chi connectivity index (χ1) is 6.81. The van der Waals surface area contributed by atoms with Crippen LogP contribution in [0.25, 0.3) is 0 Å². The Morgan fingerprint density at radius 3 is 2.43 bits per heavy atom. The third kappa shape index (κ3) is 10.4. The molecule has 0 aliphatic carbocycles. The van der Waals surface area contributed by atoms with E-state index in [0.717, 1.165) is 5.25 Å². The smallest absolute Gasteiger partial charge is 0.0144 e. The van der Waals surface area contributed by atoms with Crippen molar-refractivity contribution >= 4 is 11.8 Å². The van der Waals surface area contributed by atoms with Gasteiger partial charge in [0.05, 0.1) is 0 Å². The fourth-order valence-corrected chi connectivity index (χ4v) is 2.31. The highest BCUT2D eigenvalue weighted by Gasteiger charge is 2.00. The number of hydrogen-bond acceptors (Lipinski definition) is 2. The second-order valence-electron chi connectivity index (χ2n) is 3.95. The second-order valence-corrected chi connectivity index (χ2v) is 5.49. The molecule has 0 rings (SSSR count). The Kier molecular flexibility index (Phi) is 11.6. The molecule has 1 N–H and O–H groups in total. The molecule has 0 aromatic carbocycles. The SMILES string of the molecule is CCCCCSC(C)CNCCCC. The van der Waals surface area contributed by atoms with Crippen LogP contribution in [-0.4, -0.2) is 24.1 Å². The Balaban J connectivity index is 3.07. The number of hydrogen-bond donors (Lipinski definition) is 1. The first-order valence-electron chi connectivity index (χ1n) is 6.13. The van der Waals surface area contributed by atoms with E-state index in [1.807, 2.05) is 0 Å². The van der Waals surface area contributed by atoms with E-state index in [9.17, 15) is 0 Å². The molecule has 2 heteroatoms. The summed E-state index contributed by atoms with van der Waals surface area (Å²) in [4.78, 5) is 0. The maximum atomic E-state index is 3.51. The quantitative estimate of drug-likeness (QED) is 0.560. The predicted octanol–water partition coefficient (Wildman–Crippen LogP) is 3.69. The molecule has 1 atom stereocenters. The summed E-state index contributed by atoms with van der Waals surface area (Å²) in [5, 5.41) is 4.29. The molecule has 0 bridgehead atoms. The topological polar surface area (TPSA) is 12.0 Å². The van der Waals surface area contributed by atoms with Crippen LogP contribution in [0.2, 0.25) is 0 Å². The number of unbranched alkanes of at least 4 members (excludes halogenated alkanes) is 3. The molecule has 86 valence electrons. The molecule has 1 nitrogen and oxygen atoms in total. The van der Waals surface area contributed by atoms with E-state index < -0.39 is 0 Å². The van der Waals surface area contributed by atoms with Crippen LogP contribution >= 0.6 is 11.8 Å². The van der Waals surface area contributed by atoms with Crippen molar-refractivity contribution in [2.45, 2.75) is 58.1 Å². The average molecular weight is 217 g/mol. The van der Waals surface area contributed by atoms with Crippen LogP contribution in [0.5, 0.6) is 0 Å². The van der Waals surface area contributed by atoms with Crippen LogP contribution in [0.4, 0.5) is 0 Å². The van der Waals surface area contributed by atoms with Gasteiger partial charge < -0.3 is 5.32 Å². The minimum absolute atomic E-state index is 0.781. The molecule has 14 heavy (non-hydrogen) atoms. The van der Waals surface area contributed by atoms with Gasteiger partial charge in [0.1, 0.15) is 0 Å². The van der Waals surface area contributed by atoms with E-state index in [2.05, 4.69) is 37.8 Å². The molecular weight excluding hydrogens is 190 g/mol. The lowest BCUT2D eigenvalue weighted by Gasteiger charge is -2.11. The lowest BCUT2D eigenvalue weighted by atomic mass is 10.3. The van der Waals surface area contributed by atoms with Crippen molar-refractivity contribution in [2.24, 2.45) is 0 Å². The van der Waals surface area contributed by atoms with Crippen molar-refractivity contribution in [2.75, 3.05) is 18.8 Å². The maximum Gasteiger partial charge on any atom is 0.0144 e. The Hall–Kier alpha value is 0.310. The Morgan fingerprint density at radius 2 is 1.79 bits per heavy atom. The standard InChI is InChI=1S/C12H27NS/c1-4-6-8-10-14-12(3)11-13-9-7-5-2/h12-13H,4-11H2,1-3H3. The van der Waals surface area contributed by atoms with Crippen LogP contribution in [0.1, 0.15) is 52.9 Å². The van der Waals surface area contributed by atoms with Gasteiger partial charge in [-0.25, -0.2) is 0 Å². The van der Waals surface area contributed by atoms with E-state index in [1.54, 1.807) is 0 Å². The zero-order chi connectivity index (χ0) is 10.6. The zero-order valence-corrected chi connectivity index (χ0v) is 11.0. The highest BCUT2D eigenvalue weighted by atomic mass is 32.2. The van der Waals surface area contributed by atoms with Crippen molar-refractivity contribution in [1.29, 1.82) is 0 Å². The molecule has 1 unspecified atom stereocenters. The minimum atomic E-state index is 0.781. The molecular formula is C12H27NS. The molecule has 0 heterocycles. The summed E-state index contributed by atoms with van der Waals surface area (Å²) in [6.07, 6.45) is 6.73. The van der Waals surface area contributed by atoms with Crippen molar-refractivity contribution < 1.29 is 0 Å². The average Bonchev–Trinajstić information content (AvgIpc) is 2.19. The molecule has 0 aliphatic rings. The van der Waals surface area contributed by atoms with E-state index >= 15 is 0 Å². The summed E-state index contributed by atoms with van der Waals surface area (Å²) in [6, 6.07) is 0. The third-order valence-corrected chi connectivity index (χ3v) is 3.55. The molecule has 0 saturated carbocycles. The van der Waals surface area contributed by atoms with Crippen LogP contribution in [-0.2, 0) is 0 Å². The monoisotopic (exact) mass is 217 g/mol. The van der Waals surface area contributed by atoms with Gasteiger partial charge in [-0.3, -0.25) is 0 Å². The van der Waals surface area contributed by atoms with E-state index in [4.69, 9.17) is 0 Å². The van der Waals surface area contributed by atoms with Crippen molar-refractivity contribution in [3.8, 4) is 0 Å². The molecule has 0 aromatic heterocycles. The lowest BCUT2D eigenvalue weighted by molar-refractivity contribution is 0.638. The van der Waals surface area contributed by atoms with Gasteiger partial charge >= 0.3 is 0 Å². The molecule has 0 radical (unpaired) electrons. The first kappa shape index (κ1) is 14.3. The zero-order valence-electron chi connectivity index (χ0n) is 10.1. The van der Waals surface area contributed by atoms with Gasteiger partial charge in [0, 0.05) is 11.8 Å². The highest BCUT2D eigenvalue weighted by Crippen LogP contribution is 2.12. The number of thioether (sulfide) groups is 1. The Bertz CT molecular complexity index is 94.5. The molecule has 0 fully saturated rings. The summed E-state index contributed by atoms with van der Waals surface area (Å²) < 4.78 is 0. The fourth-order valence-electron chi connectivity index (χ4n) is 1.30. The number of nitrogens with one attached hydrogen (secondary N) is 1. The molecule has 0 aromatic rings. The van der Waals surface area contributed by atoms with Crippen LogP contribution in [0.3, 0.4) is 0 Å². The van der Waals surface area contributed by atoms with Gasteiger partial charge in [0.25, 0.3) is 0 Å². The van der Waals surface area contributed by atoms with Gasteiger partial charge in [-0.2, -0.15) is 11.8 Å². The van der Waals surface area contributed by atoms with Gasteiger partial charge in [0.15, 0.2) is 0 Å². The summed E-state index contributed by atoms with van der Waals surface area (Å²) >= 11 is 2.11. The van der Waals surface area contributed by atoms with Gasteiger partial charge in [0.2, 0.25) is 0 Å². The summed E-state index contributed by atoms with van der Waals surface area (Å²) in [5.74, 6) is 1.34. The number of rotatable bonds is 10. The van der Waals surface area contributed by atoms with Crippen LogP contribution in [0, 0.1) is 0 Å². The van der Waals surface area contributed by atoms with E-state index in [1.165, 1.54) is 50.9 Å². The van der Waals surface area contributed by atoms with E-state index in [-0.39, 0.29) is 0 Å². The summed E-state index contributed by atoms with van der Waals surface area (Å²) in [5.41, 5.74) is 0. The van der Waals surface area contributed by atoms with Gasteiger partial charge in [-0.05, 0) is 25.1 Å². The third-order valence-electron chi connectivity index (χ3n) is 2.29. The maximum absolute atomic E-state index is 3.51. The normalized spacial score (nSPS) is 13.1. The first-order valence-corrected chi connectivity index (χ1v) is 7.18. The van der Waals surface area contributed by atoms with Crippen molar-refractivity contribution in [3.63, 3.8) is 0 Å². The fraction of sp³-hybridized carbons (Fsp3) is 1.00. The Labute approximate surface area is 94.4 Å². The minimum Gasteiger partial charge on any atom is -0.316 e. The van der Waals surface area contributed by atoms with Gasteiger partial charge in [-0.15, -0.1) is 0 Å². The Morgan fingerprint density at radius 1 is 1.07 bits per heavy atom. The van der Waals surface area contributed by atoms with E-state index in [0.29, 0.717) is 0 Å². The van der Waals surface area contributed by atoms with Gasteiger partial charge in [-0.1, -0.05) is 40.0 Å². The lowest BCUT2D eigenvalue weighted by Crippen LogP contribution is -2.23. The van der Waals surface area contributed by atoms with Crippen LogP contribution in [0.15, 0.2) is 0 Å².